The number of rotatable bonds is 3. The molecule has 2 heterocycles. The molecule has 3 aromatic rings. The smallest absolute Gasteiger partial charge is 0.235 e. The van der Waals surface area contributed by atoms with Gasteiger partial charge in [-0.25, -0.2) is 4.68 Å². The molecule has 4 rings (SSSR count). The van der Waals surface area contributed by atoms with E-state index in [1.165, 1.54) is 5.56 Å². The number of carbonyl (C=O) groups is 1. The predicted octanol–water partition coefficient (Wildman–Crippen LogP) is 4.22. The number of amides is 1. The van der Waals surface area contributed by atoms with Crippen molar-refractivity contribution in [1.82, 2.24) is 9.78 Å². The zero-order valence-corrected chi connectivity index (χ0v) is 16.1. The Kier molecular flexibility index (Phi) is 4.66. The second-order valence-corrected chi connectivity index (χ2v) is 7.70. The molecule has 1 aliphatic rings. The van der Waals surface area contributed by atoms with E-state index >= 15 is 0 Å². The topological polar surface area (TPSA) is 67.2 Å². The Hall–Kier alpha value is -2.73. The minimum absolute atomic E-state index is 0.0248. The van der Waals surface area contributed by atoms with Crippen molar-refractivity contribution < 1.29 is 9.90 Å². The molecule has 1 aliphatic heterocycles. The Balaban J connectivity index is 1.84. The van der Waals surface area contributed by atoms with Gasteiger partial charge in [-0.15, -0.1) is 11.8 Å². The summed E-state index contributed by atoms with van der Waals surface area (Å²) in [6.07, 6.45) is 0.979. The molecule has 27 heavy (non-hydrogen) atoms. The van der Waals surface area contributed by atoms with Gasteiger partial charge in [-0.3, -0.25) is 4.79 Å². The van der Waals surface area contributed by atoms with E-state index in [0.29, 0.717) is 5.75 Å². The van der Waals surface area contributed by atoms with Crippen LogP contribution in [0, 0.1) is 6.92 Å². The van der Waals surface area contributed by atoms with Crippen LogP contribution in [0.15, 0.2) is 48.5 Å². The van der Waals surface area contributed by atoms with Crippen molar-refractivity contribution in [1.29, 1.82) is 0 Å². The molecule has 0 radical (unpaired) electrons. The van der Waals surface area contributed by atoms with Crippen molar-refractivity contribution in [2.45, 2.75) is 25.5 Å². The van der Waals surface area contributed by atoms with Crippen molar-refractivity contribution in [2.24, 2.45) is 0 Å². The lowest BCUT2D eigenvalue weighted by atomic mass is 10.0. The first kappa shape index (κ1) is 17.7. The van der Waals surface area contributed by atoms with Gasteiger partial charge in [0.2, 0.25) is 5.91 Å². The average Bonchev–Trinajstić information content (AvgIpc) is 2.88. The second-order valence-electron chi connectivity index (χ2n) is 6.61. The molecule has 6 heteroatoms. The van der Waals surface area contributed by atoms with Gasteiger partial charge < -0.3 is 10.4 Å². The molecule has 0 unspecified atom stereocenters. The summed E-state index contributed by atoms with van der Waals surface area (Å²) in [5.41, 5.74) is 5.12. The number of carbonyl (C=O) groups excluding carboxylic acids is 1. The standard InChI is InChI=1S/C21H21N3O2S/c1-3-14-4-8-16(9-5-14)24-21-19(13(2)23-24)20(27-12-18(26)22-21)15-6-10-17(25)11-7-15/h4-11,20,25H,3,12H2,1-2H3,(H,22,26)/t20-/m1/s1. The molecule has 5 nitrogen and oxygen atoms in total. The predicted molar refractivity (Wildman–Crippen MR) is 109 cm³/mol. The van der Waals surface area contributed by atoms with Crippen LogP contribution in [0.4, 0.5) is 5.82 Å². The van der Waals surface area contributed by atoms with E-state index in [9.17, 15) is 9.90 Å². The van der Waals surface area contributed by atoms with Crippen LogP contribution in [0.2, 0.25) is 0 Å². The van der Waals surface area contributed by atoms with E-state index < -0.39 is 0 Å². The number of aryl methyl sites for hydroxylation is 2. The quantitative estimate of drug-likeness (QED) is 0.715. The highest BCUT2D eigenvalue weighted by molar-refractivity contribution is 8.00. The number of phenols is 1. The molecular weight excluding hydrogens is 358 g/mol. The Labute approximate surface area is 162 Å². The number of hydrogen-bond donors (Lipinski definition) is 2. The van der Waals surface area contributed by atoms with Crippen molar-refractivity contribution in [3.8, 4) is 11.4 Å². The van der Waals surface area contributed by atoms with E-state index in [1.807, 2.05) is 35.9 Å². The van der Waals surface area contributed by atoms with E-state index in [0.717, 1.165) is 34.7 Å². The lowest BCUT2D eigenvalue weighted by Gasteiger charge is -2.15. The molecule has 0 saturated heterocycles. The summed E-state index contributed by atoms with van der Waals surface area (Å²) in [6.45, 7) is 4.10. The molecule has 2 aromatic carbocycles. The van der Waals surface area contributed by atoms with Gasteiger partial charge in [0.1, 0.15) is 11.6 Å². The monoisotopic (exact) mass is 379 g/mol. The molecule has 0 saturated carbocycles. The molecule has 0 fully saturated rings. The number of hydrogen-bond acceptors (Lipinski definition) is 4. The highest BCUT2D eigenvalue weighted by Gasteiger charge is 2.30. The molecule has 0 bridgehead atoms. The summed E-state index contributed by atoms with van der Waals surface area (Å²) in [5, 5.41) is 17.4. The maximum Gasteiger partial charge on any atom is 0.235 e. The fourth-order valence-corrected chi connectivity index (χ4v) is 4.54. The van der Waals surface area contributed by atoms with Crippen LogP contribution >= 0.6 is 11.8 Å². The maximum atomic E-state index is 12.4. The Morgan fingerprint density at radius 1 is 1.19 bits per heavy atom. The maximum absolute atomic E-state index is 12.4. The Morgan fingerprint density at radius 3 is 2.56 bits per heavy atom. The third kappa shape index (κ3) is 3.32. The second kappa shape index (κ2) is 7.12. The van der Waals surface area contributed by atoms with Gasteiger partial charge in [0.15, 0.2) is 0 Å². The van der Waals surface area contributed by atoms with Crippen molar-refractivity contribution in [3.05, 3.63) is 70.9 Å². The van der Waals surface area contributed by atoms with E-state index in [4.69, 9.17) is 5.10 Å². The van der Waals surface area contributed by atoms with Crippen LogP contribution < -0.4 is 5.32 Å². The number of nitrogens with one attached hydrogen (secondary N) is 1. The fourth-order valence-electron chi connectivity index (χ4n) is 3.36. The van der Waals surface area contributed by atoms with Crippen LogP contribution in [0.25, 0.3) is 5.69 Å². The summed E-state index contributed by atoms with van der Waals surface area (Å²) >= 11 is 1.58. The number of aromatic hydroxyl groups is 1. The van der Waals surface area contributed by atoms with Gasteiger partial charge in [0.05, 0.1) is 22.4 Å². The molecule has 0 aliphatic carbocycles. The van der Waals surface area contributed by atoms with Crippen LogP contribution in [0.3, 0.4) is 0 Å². The minimum Gasteiger partial charge on any atom is -0.508 e. The molecule has 1 atom stereocenters. The van der Waals surface area contributed by atoms with Gasteiger partial charge in [-0.1, -0.05) is 31.2 Å². The molecular formula is C21H21N3O2S. The normalized spacial score (nSPS) is 16.5. The molecule has 1 amide bonds. The number of aromatic nitrogens is 2. The van der Waals surface area contributed by atoms with Crippen molar-refractivity contribution >= 4 is 23.5 Å². The van der Waals surface area contributed by atoms with E-state index in [2.05, 4.69) is 24.4 Å². The molecule has 2 N–H and O–H groups in total. The number of benzene rings is 2. The summed E-state index contributed by atoms with van der Waals surface area (Å²) in [7, 11) is 0. The summed E-state index contributed by atoms with van der Waals surface area (Å²) in [5.74, 6) is 1.29. The van der Waals surface area contributed by atoms with Crippen molar-refractivity contribution in [3.63, 3.8) is 0 Å². The first-order valence-corrected chi connectivity index (χ1v) is 10.0. The number of thioether (sulfide) groups is 1. The number of phenolic OH excluding ortho intramolecular Hbond substituents is 1. The number of anilines is 1. The largest absolute Gasteiger partial charge is 0.508 e. The Bertz CT molecular complexity index is 978. The van der Waals surface area contributed by atoms with Crippen LogP contribution in [0.5, 0.6) is 5.75 Å². The Morgan fingerprint density at radius 2 is 1.89 bits per heavy atom. The lowest BCUT2D eigenvalue weighted by Crippen LogP contribution is -2.15. The minimum atomic E-state index is -0.0335. The number of fused-ring (bicyclic) bond motifs is 1. The number of nitrogens with zero attached hydrogens (tertiary/aromatic N) is 2. The van der Waals surface area contributed by atoms with Gasteiger partial charge >= 0.3 is 0 Å². The molecule has 0 spiro atoms. The SMILES string of the molecule is CCc1ccc(-n2nc(C)c3c2NC(=O)CS[C@@H]3c2ccc(O)cc2)cc1. The zero-order valence-electron chi connectivity index (χ0n) is 15.3. The third-order valence-electron chi connectivity index (χ3n) is 4.79. The molecule has 138 valence electrons. The fraction of sp³-hybridized carbons (Fsp3) is 0.238. The summed E-state index contributed by atoms with van der Waals surface area (Å²) in [4.78, 5) is 12.4. The lowest BCUT2D eigenvalue weighted by molar-refractivity contribution is -0.113. The van der Waals surface area contributed by atoms with Crippen LogP contribution in [-0.2, 0) is 11.2 Å². The van der Waals surface area contributed by atoms with Crippen LogP contribution in [-0.4, -0.2) is 26.5 Å². The van der Waals surface area contributed by atoms with Gasteiger partial charge in [-0.05, 0) is 48.7 Å². The summed E-state index contributed by atoms with van der Waals surface area (Å²) < 4.78 is 1.82. The third-order valence-corrected chi connectivity index (χ3v) is 6.06. The highest BCUT2D eigenvalue weighted by atomic mass is 32.2. The van der Waals surface area contributed by atoms with Gasteiger partial charge in [-0.2, -0.15) is 5.10 Å². The van der Waals surface area contributed by atoms with E-state index in [1.54, 1.807) is 23.9 Å². The van der Waals surface area contributed by atoms with Crippen molar-refractivity contribution in [2.75, 3.05) is 11.1 Å². The summed E-state index contributed by atoms with van der Waals surface area (Å²) in [6, 6.07) is 15.4. The van der Waals surface area contributed by atoms with Crippen LogP contribution in [0.1, 0.15) is 34.6 Å². The zero-order chi connectivity index (χ0) is 19.0. The van der Waals surface area contributed by atoms with E-state index in [-0.39, 0.29) is 16.9 Å². The molecule has 1 aromatic heterocycles. The highest BCUT2D eigenvalue weighted by Crippen LogP contribution is 2.44. The van der Waals surface area contributed by atoms with Gasteiger partial charge in [0.25, 0.3) is 0 Å². The van der Waals surface area contributed by atoms with Gasteiger partial charge in [0, 0.05) is 5.56 Å². The average molecular weight is 379 g/mol. The first-order chi connectivity index (χ1) is 13.1. The first-order valence-electron chi connectivity index (χ1n) is 8.96.